The molecule has 0 aromatic carbocycles. The first-order valence-corrected chi connectivity index (χ1v) is 7.71. The minimum Gasteiger partial charge on any atom is -0.314 e. The van der Waals surface area contributed by atoms with Crippen molar-refractivity contribution in [3.63, 3.8) is 0 Å². The molecular weight excluding hydrogens is 208 g/mol. The van der Waals surface area contributed by atoms with Gasteiger partial charge in [0.05, 0.1) is 0 Å². The monoisotopic (exact) mass is 240 g/mol. The molecule has 102 valence electrons. The van der Waals surface area contributed by atoms with Gasteiger partial charge < -0.3 is 10.6 Å². The van der Waals surface area contributed by atoms with Crippen molar-refractivity contribution in [2.45, 2.75) is 90.3 Å². The van der Waals surface area contributed by atoms with Crippen molar-refractivity contribution in [3.05, 3.63) is 0 Å². The summed E-state index contributed by atoms with van der Waals surface area (Å²) in [5.74, 6) is 0. The zero-order chi connectivity index (χ0) is 12.5. The Morgan fingerprint density at radius 2 is 2.00 bits per heavy atom. The van der Waals surface area contributed by atoms with Gasteiger partial charge in [-0.05, 0) is 46.1 Å². The van der Waals surface area contributed by atoms with Gasteiger partial charge in [0.2, 0.25) is 0 Å². The van der Waals surface area contributed by atoms with Crippen LogP contribution in [0.1, 0.15) is 72.1 Å². The largest absolute Gasteiger partial charge is 0.314 e. The van der Waals surface area contributed by atoms with E-state index in [4.69, 9.17) is 0 Å². The van der Waals surface area contributed by atoms with E-state index in [1.165, 1.54) is 57.9 Å². The van der Waals surface area contributed by atoms with Gasteiger partial charge in [0, 0.05) is 18.1 Å². The van der Waals surface area contributed by atoms with E-state index in [0.717, 1.165) is 6.04 Å². The van der Waals surface area contributed by atoms with E-state index < -0.39 is 0 Å². The third kappa shape index (κ3) is 7.05. The molecule has 17 heavy (non-hydrogen) atoms. The highest BCUT2D eigenvalue weighted by molar-refractivity contribution is 4.79. The van der Waals surface area contributed by atoms with E-state index in [9.17, 15) is 0 Å². The maximum Gasteiger partial charge on any atom is 0.00822 e. The van der Waals surface area contributed by atoms with E-state index in [2.05, 4.69) is 31.4 Å². The highest BCUT2D eigenvalue weighted by Gasteiger charge is 2.17. The van der Waals surface area contributed by atoms with E-state index in [1.54, 1.807) is 0 Å². The minimum absolute atomic E-state index is 0.659. The van der Waals surface area contributed by atoms with Gasteiger partial charge in [0.15, 0.2) is 0 Å². The first kappa shape index (κ1) is 15.0. The molecule has 0 aromatic heterocycles. The van der Waals surface area contributed by atoms with Crippen LogP contribution in [0, 0.1) is 0 Å². The lowest BCUT2D eigenvalue weighted by molar-refractivity contribution is 0.384. The molecule has 3 unspecified atom stereocenters. The molecule has 1 aliphatic rings. The SMILES string of the molecule is CCCCCCC(C)NC(C)CC1CCCN1. The molecule has 0 saturated carbocycles. The molecule has 1 saturated heterocycles. The second-order valence-electron chi connectivity index (χ2n) is 5.85. The van der Waals surface area contributed by atoms with Crippen molar-refractivity contribution >= 4 is 0 Å². The van der Waals surface area contributed by atoms with Gasteiger partial charge in [-0.25, -0.2) is 0 Å². The lowest BCUT2D eigenvalue weighted by Crippen LogP contribution is -2.38. The van der Waals surface area contributed by atoms with E-state index >= 15 is 0 Å². The van der Waals surface area contributed by atoms with Gasteiger partial charge in [-0.2, -0.15) is 0 Å². The second-order valence-corrected chi connectivity index (χ2v) is 5.85. The maximum atomic E-state index is 3.74. The summed E-state index contributed by atoms with van der Waals surface area (Å²) in [5, 5.41) is 7.32. The van der Waals surface area contributed by atoms with Crippen molar-refractivity contribution in [2.24, 2.45) is 0 Å². The van der Waals surface area contributed by atoms with Gasteiger partial charge >= 0.3 is 0 Å². The Morgan fingerprint density at radius 3 is 2.65 bits per heavy atom. The summed E-state index contributed by atoms with van der Waals surface area (Å²) in [5.41, 5.74) is 0. The maximum absolute atomic E-state index is 3.74. The molecule has 1 rings (SSSR count). The Hall–Kier alpha value is -0.0800. The van der Waals surface area contributed by atoms with Crippen LogP contribution in [0.2, 0.25) is 0 Å². The van der Waals surface area contributed by atoms with Gasteiger partial charge in [-0.1, -0.05) is 32.6 Å². The Balaban J connectivity index is 2.01. The summed E-state index contributed by atoms with van der Waals surface area (Å²) in [6.45, 7) is 8.18. The van der Waals surface area contributed by atoms with E-state index in [0.29, 0.717) is 12.1 Å². The quantitative estimate of drug-likeness (QED) is 0.603. The number of hydrogen-bond acceptors (Lipinski definition) is 2. The van der Waals surface area contributed by atoms with Crippen LogP contribution in [-0.2, 0) is 0 Å². The zero-order valence-electron chi connectivity index (χ0n) is 12.1. The third-order valence-corrected chi connectivity index (χ3v) is 3.86. The highest BCUT2D eigenvalue weighted by Crippen LogP contribution is 2.12. The summed E-state index contributed by atoms with van der Waals surface area (Å²) in [6, 6.07) is 2.11. The first-order chi connectivity index (χ1) is 8.22. The fourth-order valence-electron chi connectivity index (χ4n) is 2.90. The Labute approximate surface area is 108 Å². The summed E-state index contributed by atoms with van der Waals surface area (Å²) >= 11 is 0. The molecule has 1 aliphatic heterocycles. The van der Waals surface area contributed by atoms with Crippen LogP contribution in [0.25, 0.3) is 0 Å². The Morgan fingerprint density at radius 1 is 1.18 bits per heavy atom. The van der Waals surface area contributed by atoms with Gasteiger partial charge in [-0.15, -0.1) is 0 Å². The molecular formula is C15H32N2. The third-order valence-electron chi connectivity index (χ3n) is 3.86. The van der Waals surface area contributed by atoms with Gasteiger partial charge in [0.1, 0.15) is 0 Å². The van der Waals surface area contributed by atoms with Gasteiger partial charge in [0.25, 0.3) is 0 Å². The normalized spacial score (nSPS) is 23.8. The number of hydrogen-bond donors (Lipinski definition) is 2. The molecule has 2 N–H and O–H groups in total. The summed E-state index contributed by atoms with van der Waals surface area (Å²) in [6.07, 6.45) is 10.9. The van der Waals surface area contributed by atoms with Crippen LogP contribution in [0.15, 0.2) is 0 Å². The van der Waals surface area contributed by atoms with Crippen LogP contribution in [0.4, 0.5) is 0 Å². The van der Waals surface area contributed by atoms with Crippen LogP contribution < -0.4 is 10.6 Å². The average molecular weight is 240 g/mol. The number of unbranched alkanes of at least 4 members (excludes halogenated alkanes) is 3. The summed E-state index contributed by atoms with van der Waals surface area (Å²) in [7, 11) is 0. The molecule has 0 bridgehead atoms. The lowest BCUT2D eigenvalue weighted by atomic mass is 10.0. The smallest absolute Gasteiger partial charge is 0.00822 e. The predicted octanol–water partition coefficient (Wildman–Crippen LogP) is 3.47. The van der Waals surface area contributed by atoms with Crippen molar-refractivity contribution in [1.29, 1.82) is 0 Å². The fraction of sp³-hybridized carbons (Fsp3) is 1.00. The van der Waals surface area contributed by atoms with Gasteiger partial charge in [-0.3, -0.25) is 0 Å². The first-order valence-electron chi connectivity index (χ1n) is 7.71. The molecule has 0 amide bonds. The second kappa shape index (κ2) is 8.93. The molecule has 0 radical (unpaired) electrons. The molecule has 0 aliphatic carbocycles. The van der Waals surface area contributed by atoms with Crippen molar-refractivity contribution < 1.29 is 0 Å². The summed E-state index contributed by atoms with van der Waals surface area (Å²) < 4.78 is 0. The topological polar surface area (TPSA) is 24.1 Å². The van der Waals surface area contributed by atoms with Crippen LogP contribution in [0.5, 0.6) is 0 Å². The van der Waals surface area contributed by atoms with E-state index in [-0.39, 0.29) is 0 Å². The molecule has 0 spiro atoms. The van der Waals surface area contributed by atoms with Crippen LogP contribution in [0.3, 0.4) is 0 Å². The Bertz CT molecular complexity index is 176. The highest BCUT2D eigenvalue weighted by atomic mass is 15.0. The van der Waals surface area contributed by atoms with Crippen LogP contribution in [-0.4, -0.2) is 24.7 Å². The standard InChI is InChI=1S/C15H32N2/c1-4-5-6-7-9-13(2)17-14(3)12-15-10-8-11-16-15/h13-17H,4-12H2,1-3H3. The molecule has 1 heterocycles. The molecule has 2 nitrogen and oxygen atoms in total. The van der Waals surface area contributed by atoms with Crippen molar-refractivity contribution in [3.8, 4) is 0 Å². The van der Waals surface area contributed by atoms with Crippen LogP contribution >= 0.6 is 0 Å². The molecule has 1 fully saturated rings. The number of rotatable bonds is 9. The zero-order valence-corrected chi connectivity index (χ0v) is 12.1. The summed E-state index contributed by atoms with van der Waals surface area (Å²) in [4.78, 5) is 0. The Kier molecular flexibility index (Phi) is 7.87. The molecule has 3 atom stereocenters. The minimum atomic E-state index is 0.659. The molecule has 0 aromatic rings. The van der Waals surface area contributed by atoms with Crippen molar-refractivity contribution in [2.75, 3.05) is 6.54 Å². The molecule has 2 heteroatoms. The lowest BCUT2D eigenvalue weighted by Gasteiger charge is -2.22. The number of nitrogens with one attached hydrogen (secondary N) is 2. The fourth-order valence-corrected chi connectivity index (χ4v) is 2.90. The average Bonchev–Trinajstić information content (AvgIpc) is 2.77. The van der Waals surface area contributed by atoms with Crippen molar-refractivity contribution in [1.82, 2.24) is 10.6 Å². The van der Waals surface area contributed by atoms with E-state index in [1.807, 2.05) is 0 Å². The predicted molar refractivity (Wildman–Crippen MR) is 76.5 cm³/mol.